The average Bonchev–Trinajstić information content (AvgIpc) is 3.21. The maximum Gasteiger partial charge on any atom is 0.293 e. The lowest BCUT2D eigenvalue weighted by atomic mass is 9.94. The number of carbonyl (C=O) groups excluding carboxylic acids is 4. The summed E-state index contributed by atoms with van der Waals surface area (Å²) in [5.41, 5.74) is 2.55. The van der Waals surface area contributed by atoms with Crippen molar-refractivity contribution in [3.8, 4) is 0 Å². The molecule has 2 N–H and O–H groups in total. The predicted molar refractivity (Wildman–Crippen MR) is 114 cm³/mol. The van der Waals surface area contributed by atoms with Gasteiger partial charge in [-0.25, -0.2) is 4.39 Å². The van der Waals surface area contributed by atoms with Crippen LogP contribution in [0.15, 0.2) is 29.2 Å². The quantitative estimate of drug-likeness (QED) is 0.693. The second kappa shape index (κ2) is 8.50. The van der Waals surface area contributed by atoms with Crippen molar-refractivity contribution >= 4 is 40.7 Å². The highest BCUT2D eigenvalue weighted by Crippen LogP contribution is 2.32. The Morgan fingerprint density at radius 1 is 1.26 bits per heavy atom. The number of aromatic nitrogens is 1. The molecule has 4 rings (SSSR count). The van der Waals surface area contributed by atoms with Crippen molar-refractivity contribution in [2.75, 3.05) is 13.1 Å². The Morgan fingerprint density at radius 3 is 2.77 bits per heavy atom. The molecule has 1 aliphatic heterocycles. The van der Waals surface area contributed by atoms with Gasteiger partial charge in [0.25, 0.3) is 17.1 Å². The van der Waals surface area contributed by atoms with Crippen molar-refractivity contribution in [2.45, 2.75) is 26.2 Å². The van der Waals surface area contributed by atoms with Gasteiger partial charge in [0.1, 0.15) is 11.5 Å². The molecular formula is C22H20FN3O4S. The normalized spacial score (nSPS) is 17.4. The molecule has 0 saturated carbocycles. The topological polar surface area (TPSA) is 99.3 Å². The SMILES string of the molecule is Cc1c(C(=O)NCCN2C(=O)S/C(=C\c3ccccc3F)C2=O)[nH]c2c1C(=O)CCC2. The first-order valence-corrected chi connectivity index (χ1v) is 10.7. The van der Waals surface area contributed by atoms with Gasteiger partial charge in [0, 0.05) is 36.3 Å². The molecule has 1 fully saturated rings. The van der Waals surface area contributed by atoms with E-state index in [0.717, 1.165) is 35.2 Å². The van der Waals surface area contributed by atoms with Crippen LogP contribution >= 0.6 is 11.8 Å². The van der Waals surface area contributed by atoms with E-state index in [1.165, 1.54) is 18.2 Å². The number of imide groups is 1. The van der Waals surface area contributed by atoms with Crippen molar-refractivity contribution in [1.29, 1.82) is 0 Å². The second-order valence-electron chi connectivity index (χ2n) is 7.37. The highest BCUT2D eigenvalue weighted by atomic mass is 32.2. The van der Waals surface area contributed by atoms with Crippen LogP contribution in [0.5, 0.6) is 0 Å². The van der Waals surface area contributed by atoms with Gasteiger partial charge in [-0.1, -0.05) is 18.2 Å². The lowest BCUT2D eigenvalue weighted by Gasteiger charge is -2.13. The number of nitrogens with zero attached hydrogens (tertiary/aromatic N) is 1. The number of ketones is 1. The van der Waals surface area contributed by atoms with Crippen molar-refractivity contribution in [3.63, 3.8) is 0 Å². The number of benzene rings is 1. The number of amides is 3. The first kappa shape index (κ1) is 21.0. The summed E-state index contributed by atoms with van der Waals surface area (Å²) in [6.45, 7) is 1.78. The van der Waals surface area contributed by atoms with Crippen LogP contribution in [0, 0.1) is 12.7 Å². The maximum absolute atomic E-state index is 13.8. The molecule has 31 heavy (non-hydrogen) atoms. The molecular weight excluding hydrogens is 421 g/mol. The number of Topliss-reactive ketones (excluding diaryl/α,β-unsaturated/α-hetero) is 1. The van der Waals surface area contributed by atoms with Crippen molar-refractivity contribution in [3.05, 3.63) is 63.1 Å². The average molecular weight is 441 g/mol. The van der Waals surface area contributed by atoms with Crippen LogP contribution in [0.25, 0.3) is 6.08 Å². The maximum atomic E-state index is 13.8. The minimum Gasteiger partial charge on any atom is -0.354 e. The van der Waals surface area contributed by atoms with Gasteiger partial charge in [0.2, 0.25) is 0 Å². The Balaban J connectivity index is 1.39. The molecule has 2 heterocycles. The number of hydrogen-bond donors (Lipinski definition) is 2. The summed E-state index contributed by atoms with van der Waals surface area (Å²) in [4.78, 5) is 53.6. The highest BCUT2D eigenvalue weighted by molar-refractivity contribution is 8.18. The van der Waals surface area contributed by atoms with E-state index in [4.69, 9.17) is 0 Å². The summed E-state index contributed by atoms with van der Waals surface area (Å²) in [5.74, 6) is -1.37. The third kappa shape index (κ3) is 4.05. The van der Waals surface area contributed by atoms with E-state index < -0.39 is 22.9 Å². The van der Waals surface area contributed by atoms with Gasteiger partial charge in [0.05, 0.1) is 4.91 Å². The molecule has 0 spiro atoms. The van der Waals surface area contributed by atoms with Crippen LogP contribution in [0.4, 0.5) is 9.18 Å². The number of rotatable bonds is 5. The lowest BCUT2D eigenvalue weighted by molar-refractivity contribution is -0.122. The largest absolute Gasteiger partial charge is 0.354 e. The van der Waals surface area contributed by atoms with Gasteiger partial charge in [-0.2, -0.15) is 0 Å². The number of hydrogen-bond acceptors (Lipinski definition) is 5. The van der Waals surface area contributed by atoms with E-state index in [-0.39, 0.29) is 29.3 Å². The number of aromatic amines is 1. The number of H-pyrrole nitrogens is 1. The number of thioether (sulfide) groups is 1. The van der Waals surface area contributed by atoms with Crippen molar-refractivity contribution in [2.24, 2.45) is 0 Å². The van der Waals surface area contributed by atoms with E-state index in [1.54, 1.807) is 19.1 Å². The summed E-state index contributed by atoms with van der Waals surface area (Å²) in [6.07, 6.45) is 3.31. The molecule has 1 aliphatic carbocycles. The molecule has 1 saturated heterocycles. The van der Waals surface area contributed by atoms with E-state index in [2.05, 4.69) is 10.3 Å². The van der Waals surface area contributed by atoms with Gasteiger partial charge >= 0.3 is 0 Å². The molecule has 160 valence electrons. The Kier molecular flexibility index (Phi) is 5.77. The van der Waals surface area contributed by atoms with Crippen LogP contribution in [0.2, 0.25) is 0 Å². The van der Waals surface area contributed by atoms with Gasteiger partial charge in [-0.3, -0.25) is 24.1 Å². The van der Waals surface area contributed by atoms with Crippen LogP contribution in [0.3, 0.4) is 0 Å². The molecule has 1 aromatic heterocycles. The molecule has 0 radical (unpaired) electrons. The third-order valence-corrected chi connectivity index (χ3v) is 6.26. The Morgan fingerprint density at radius 2 is 2.03 bits per heavy atom. The lowest BCUT2D eigenvalue weighted by Crippen LogP contribution is -2.37. The fourth-order valence-corrected chi connectivity index (χ4v) is 4.65. The van der Waals surface area contributed by atoms with Crippen LogP contribution in [-0.2, 0) is 11.2 Å². The monoisotopic (exact) mass is 441 g/mol. The molecule has 3 amide bonds. The van der Waals surface area contributed by atoms with Gasteiger partial charge in [-0.05, 0) is 49.2 Å². The summed E-state index contributed by atoms with van der Waals surface area (Å²) in [6, 6.07) is 5.98. The van der Waals surface area contributed by atoms with Gasteiger partial charge < -0.3 is 10.3 Å². The molecule has 0 unspecified atom stereocenters. The Hall–Kier alpha value is -3.20. The van der Waals surface area contributed by atoms with E-state index >= 15 is 0 Å². The highest BCUT2D eigenvalue weighted by Gasteiger charge is 2.35. The van der Waals surface area contributed by atoms with Crippen molar-refractivity contribution in [1.82, 2.24) is 15.2 Å². The Bertz CT molecular complexity index is 1140. The molecule has 2 aromatic rings. The molecule has 0 bridgehead atoms. The van der Waals surface area contributed by atoms with E-state index in [9.17, 15) is 23.6 Å². The number of halogens is 1. The van der Waals surface area contributed by atoms with Crippen LogP contribution in [-0.4, -0.2) is 45.8 Å². The molecule has 0 atom stereocenters. The first-order chi connectivity index (χ1) is 14.9. The number of fused-ring (bicyclic) bond motifs is 1. The summed E-state index contributed by atoms with van der Waals surface area (Å²) < 4.78 is 13.8. The van der Waals surface area contributed by atoms with Crippen LogP contribution < -0.4 is 5.32 Å². The van der Waals surface area contributed by atoms with Crippen LogP contribution in [0.1, 0.15) is 50.5 Å². The van der Waals surface area contributed by atoms with Crippen molar-refractivity contribution < 1.29 is 23.6 Å². The summed E-state index contributed by atoms with van der Waals surface area (Å²) in [7, 11) is 0. The summed E-state index contributed by atoms with van der Waals surface area (Å²) >= 11 is 0.737. The smallest absolute Gasteiger partial charge is 0.293 e. The third-order valence-electron chi connectivity index (χ3n) is 5.35. The second-order valence-corrected chi connectivity index (χ2v) is 8.36. The molecule has 2 aliphatic rings. The zero-order valence-corrected chi connectivity index (χ0v) is 17.6. The Labute approximate surface area is 182 Å². The van der Waals surface area contributed by atoms with E-state index in [0.29, 0.717) is 23.2 Å². The predicted octanol–water partition coefficient (Wildman–Crippen LogP) is 3.45. The fourth-order valence-electron chi connectivity index (χ4n) is 3.80. The van der Waals surface area contributed by atoms with E-state index in [1.807, 2.05) is 0 Å². The number of nitrogens with one attached hydrogen (secondary N) is 2. The minimum atomic E-state index is -0.524. The molecule has 9 heteroatoms. The minimum absolute atomic E-state index is 0.0105. The van der Waals surface area contributed by atoms with Gasteiger partial charge in [-0.15, -0.1) is 0 Å². The summed E-state index contributed by atoms with van der Waals surface area (Å²) in [5, 5.41) is 2.22. The fraction of sp³-hybridized carbons (Fsp3) is 0.273. The zero-order chi connectivity index (χ0) is 22.1. The molecule has 7 nitrogen and oxygen atoms in total. The number of carbonyl (C=O) groups is 4. The molecule has 1 aromatic carbocycles. The standard InChI is InChI=1S/C22H20FN3O4S/c1-12-18-15(7-4-8-16(18)27)25-19(12)20(28)24-9-10-26-21(29)17(31-22(26)30)11-13-5-2-3-6-14(13)23/h2-3,5-6,11,25H,4,7-10H2,1H3,(H,24,28)/b17-11-. The number of aryl methyl sites for hydroxylation is 1. The first-order valence-electron chi connectivity index (χ1n) is 9.89. The zero-order valence-electron chi connectivity index (χ0n) is 16.8. The van der Waals surface area contributed by atoms with Gasteiger partial charge in [0.15, 0.2) is 5.78 Å².